The number of aromatic nitrogens is 4. The number of nitrogens with zero attached hydrogens (tertiary/aromatic N) is 5. The van der Waals surface area contributed by atoms with Crippen LogP contribution in [0.3, 0.4) is 0 Å². The van der Waals surface area contributed by atoms with E-state index in [9.17, 15) is 24.3 Å². The molecule has 0 saturated carbocycles. The van der Waals surface area contributed by atoms with Crippen molar-refractivity contribution >= 4 is 23.5 Å². The second-order valence-electron chi connectivity index (χ2n) is 11.1. The summed E-state index contributed by atoms with van der Waals surface area (Å²) in [4.78, 5) is 57.9. The molecule has 0 aliphatic rings. The molecule has 40 heavy (non-hydrogen) atoms. The highest BCUT2D eigenvalue weighted by Crippen LogP contribution is 2.22. The lowest BCUT2D eigenvalue weighted by Gasteiger charge is -2.26. The van der Waals surface area contributed by atoms with E-state index in [1.807, 2.05) is 25.7 Å². The van der Waals surface area contributed by atoms with Crippen LogP contribution in [0.5, 0.6) is 0 Å². The van der Waals surface area contributed by atoms with Crippen LogP contribution >= 0.6 is 0 Å². The van der Waals surface area contributed by atoms with E-state index < -0.39 is 47.1 Å². The average molecular weight is 562 g/mol. The van der Waals surface area contributed by atoms with Gasteiger partial charge in [-0.15, -0.1) is 0 Å². The van der Waals surface area contributed by atoms with Crippen LogP contribution in [0.25, 0.3) is 0 Å². The predicted molar refractivity (Wildman–Crippen MR) is 149 cm³/mol. The van der Waals surface area contributed by atoms with E-state index in [0.29, 0.717) is 23.6 Å². The Balaban J connectivity index is 2.35. The number of unbranched alkanes of at least 4 members (excludes halogenated alkanes) is 2. The Bertz CT molecular complexity index is 1220. The first-order chi connectivity index (χ1) is 18.8. The number of ketones is 1. The Morgan fingerprint density at radius 1 is 1.18 bits per heavy atom. The largest absolute Gasteiger partial charge is 0.481 e. The number of carboxylic acid groups (broad SMARTS) is 1. The van der Waals surface area contributed by atoms with Crippen molar-refractivity contribution in [1.29, 1.82) is 0 Å². The molecule has 0 bridgehead atoms. The molecular formula is C27H43N7O6. The lowest BCUT2D eigenvalue weighted by atomic mass is 9.92. The van der Waals surface area contributed by atoms with Crippen LogP contribution in [0.15, 0.2) is 15.6 Å². The van der Waals surface area contributed by atoms with E-state index in [0.717, 1.165) is 19.3 Å². The van der Waals surface area contributed by atoms with Crippen molar-refractivity contribution in [1.82, 2.24) is 30.1 Å². The van der Waals surface area contributed by atoms with Gasteiger partial charge in [0.25, 0.3) is 5.56 Å². The van der Waals surface area contributed by atoms with Gasteiger partial charge in [0.15, 0.2) is 11.6 Å². The van der Waals surface area contributed by atoms with Gasteiger partial charge in [-0.25, -0.2) is 9.61 Å². The fraction of sp³-hybridized carbons (Fsp3) is 0.667. The molecular weight excluding hydrogens is 518 g/mol. The Hall–Kier alpha value is -3.61. The number of aryl methyl sites for hydroxylation is 1. The summed E-state index contributed by atoms with van der Waals surface area (Å²) in [7, 11) is 1.79. The predicted octanol–water partition coefficient (Wildman–Crippen LogP) is 2.45. The summed E-state index contributed by atoms with van der Waals surface area (Å²) in [6, 6.07) is -2.23. The number of carboxylic acids is 1. The maximum atomic E-state index is 13.5. The fourth-order valence-electron chi connectivity index (χ4n) is 4.08. The first kappa shape index (κ1) is 32.6. The van der Waals surface area contributed by atoms with Gasteiger partial charge in [0.05, 0.1) is 31.2 Å². The van der Waals surface area contributed by atoms with Crippen molar-refractivity contribution in [3.8, 4) is 0 Å². The van der Waals surface area contributed by atoms with Gasteiger partial charge in [0.2, 0.25) is 5.91 Å². The van der Waals surface area contributed by atoms with Crippen molar-refractivity contribution in [2.24, 2.45) is 0 Å². The van der Waals surface area contributed by atoms with Crippen molar-refractivity contribution in [2.45, 2.75) is 97.7 Å². The standard InChI is InChI=1S/C27H43N7O6/c1-8-10-11-12-33(7)15-21(35)18(13-23(36)37)29-25(38)20(9-2)34-16-22(27(4,5)6)30-24(26(34)39)28-14-19-17(3)31-40-32-19/h16,18,20H,8-15H2,1-7H3,(H,28,30)(H,29,38)(H,36,37)/t18-,20+/m0/s1. The molecule has 2 rings (SSSR count). The van der Waals surface area contributed by atoms with Crippen LogP contribution in [0, 0.1) is 6.92 Å². The Morgan fingerprint density at radius 3 is 2.42 bits per heavy atom. The number of carbonyl (C=O) groups is 3. The summed E-state index contributed by atoms with van der Waals surface area (Å²) in [5.74, 6) is -2.21. The highest BCUT2D eigenvalue weighted by Gasteiger charge is 2.30. The fourth-order valence-corrected chi connectivity index (χ4v) is 4.08. The van der Waals surface area contributed by atoms with Crippen LogP contribution in [0.4, 0.5) is 5.82 Å². The summed E-state index contributed by atoms with van der Waals surface area (Å²) in [6.45, 7) is 12.2. The highest BCUT2D eigenvalue weighted by atomic mass is 16.6. The molecule has 0 saturated heterocycles. The Morgan fingerprint density at radius 2 is 1.88 bits per heavy atom. The van der Waals surface area contributed by atoms with Crippen LogP contribution in [0.1, 0.15) is 89.8 Å². The van der Waals surface area contributed by atoms with Gasteiger partial charge in [-0.3, -0.25) is 28.6 Å². The minimum Gasteiger partial charge on any atom is -0.481 e. The topological polar surface area (TPSA) is 173 Å². The third-order valence-corrected chi connectivity index (χ3v) is 6.55. The van der Waals surface area contributed by atoms with Crippen molar-refractivity contribution < 1.29 is 24.1 Å². The molecule has 0 aliphatic heterocycles. The summed E-state index contributed by atoms with van der Waals surface area (Å²) in [6.07, 6.45) is 4.18. The van der Waals surface area contributed by atoms with Gasteiger partial charge in [0.1, 0.15) is 17.4 Å². The number of carbonyl (C=O) groups excluding carboxylic acids is 2. The highest BCUT2D eigenvalue weighted by molar-refractivity contribution is 5.93. The smallest absolute Gasteiger partial charge is 0.305 e. The molecule has 222 valence electrons. The minimum absolute atomic E-state index is 0.00645. The van der Waals surface area contributed by atoms with E-state index in [-0.39, 0.29) is 25.3 Å². The molecule has 13 heteroatoms. The number of amides is 1. The van der Waals surface area contributed by atoms with E-state index in [1.54, 1.807) is 27.1 Å². The van der Waals surface area contributed by atoms with E-state index in [4.69, 9.17) is 4.63 Å². The van der Waals surface area contributed by atoms with E-state index in [1.165, 1.54) is 4.57 Å². The zero-order valence-electron chi connectivity index (χ0n) is 24.6. The number of hydrogen-bond donors (Lipinski definition) is 3. The summed E-state index contributed by atoms with van der Waals surface area (Å²) in [5, 5.41) is 22.6. The lowest BCUT2D eigenvalue weighted by Crippen LogP contribution is -2.49. The normalized spacial score (nSPS) is 13.2. The number of hydrogen-bond acceptors (Lipinski definition) is 10. The molecule has 13 nitrogen and oxygen atoms in total. The molecule has 0 aliphatic carbocycles. The number of nitrogens with one attached hydrogen (secondary N) is 2. The summed E-state index contributed by atoms with van der Waals surface area (Å²) in [5.41, 5.74) is 0.628. The van der Waals surface area contributed by atoms with Gasteiger partial charge in [-0.1, -0.05) is 57.8 Å². The van der Waals surface area contributed by atoms with Crippen LogP contribution in [0.2, 0.25) is 0 Å². The molecule has 1 amide bonds. The van der Waals surface area contributed by atoms with E-state index >= 15 is 0 Å². The number of Topliss-reactive ketones (excluding diaryl/α,β-unsaturated/α-hetero) is 1. The second kappa shape index (κ2) is 14.7. The van der Waals surface area contributed by atoms with Crippen molar-refractivity contribution in [3.63, 3.8) is 0 Å². The van der Waals surface area contributed by atoms with Crippen LogP contribution in [-0.4, -0.2) is 73.7 Å². The molecule has 2 aromatic heterocycles. The van der Waals surface area contributed by atoms with Gasteiger partial charge in [0, 0.05) is 11.6 Å². The first-order valence-corrected chi connectivity index (χ1v) is 13.7. The van der Waals surface area contributed by atoms with E-state index in [2.05, 4.69) is 32.9 Å². The SMILES string of the molecule is CCCCCN(C)CC(=O)[C@H](CC(=O)O)NC(=O)[C@@H](CC)n1cc(C(C)(C)C)nc(NCc2nonc2C)c1=O. The van der Waals surface area contributed by atoms with Gasteiger partial charge < -0.3 is 15.7 Å². The summed E-state index contributed by atoms with van der Waals surface area (Å²) >= 11 is 0. The molecule has 0 radical (unpaired) electrons. The molecule has 0 fully saturated rings. The third-order valence-electron chi connectivity index (χ3n) is 6.55. The van der Waals surface area contributed by atoms with Crippen molar-refractivity contribution in [3.05, 3.63) is 33.6 Å². The average Bonchev–Trinajstić information content (AvgIpc) is 3.27. The quantitative estimate of drug-likeness (QED) is 0.257. The molecule has 3 N–H and O–H groups in total. The number of likely N-dealkylation sites (N-methyl/N-ethyl adjacent to an activating group) is 1. The van der Waals surface area contributed by atoms with Crippen molar-refractivity contribution in [2.75, 3.05) is 25.5 Å². The number of anilines is 1. The first-order valence-electron chi connectivity index (χ1n) is 13.7. The Kier molecular flexibility index (Phi) is 12.0. The van der Waals surface area contributed by atoms with Gasteiger partial charge in [-0.2, -0.15) is 0 Å². The summed E-state index contributed by atoms with van der Waals surface area (Å²) < 4.78 is 6.01. The van der Waals surface area contributed by atoms with Gasteiger partial charge >= 0.3 is 5.97 Å². The zero-order valence-corrected chi connectivity index (χ0v) is 24.6. The monoisotopic (exact) mass is 561 g/mol. The minimum atomic E-state index is -1.23. The number of aliphatic carboxylic acids is 1. The van der Waals surface area contributed by atoms with Crippen LogP contribution in [-0.2, 0) is 26.3 Å². The molecule has 2 aromatic rings. The maximum absolute atomic E-state index is 13.5. The zero-order chi connectivity index (χ0) is 30.0. The molecule has 2 atom stereocenters. The molecule has 0 aromatic carbocycles. The van der Waals surface area contributed by atoms with Gasteiger partial charge in [-0.05, 0) is 33.4 Å². The third kappa shape index (κ3) is 9.25. The molecule has 0 spiro atoms. The maximum Gasteiger partial charge on any atom is 0.305 e. The second-order valence-corrected chi connectivity index (χ2v) is 11.1. The lowest BCUT2D eigenvalue weighted by molar-refractivity contribution is -0.140. The number of rotatable bonds is 16. The Labute approximate surface area is 234 Å². The molecule has 2 heterocycles. The molecule has 0 unspecified atom stereocenters. The van der Waals surface area contributed by atoms with Crippen LogP contribution < -0.4 is 16.2 Å².